The first-order chi connectivity index (χ1) is 9.85. The quantitative estimate of drug-likeness (QED) is 0.934. The van der Waals surface area contributed by atoms with Gasteiger partial charge in [-0.15, -0.1) is 11.3 Å². The Morgan fingerprint density at radius 3 is 3.15 bits per heavy atom. The Labute approximate surface area is 124 Å². The second-order valence-corrected chi connectivity index (χ2v) is 6.11. The van der Waals surface area contributed by atoms with E-state index >= 15 is 0 Å². The van der Waals surface area contributed by atoms with Crippen molar-refractivity contribution < 1.29 is 4.74 Å². The summed E-state index contributed by atoms with van der Waals surface area (Å²) in [4.78, 5) is 5.94. The summed E-state index contributed by atoms with van der Waals surface area (Å²) in [5, 5.41) is 5.58. The lowest BCUT2D eigenvalue weighted by atomic mass is 9.81. The molecule has 2 heterocycles. The molecule has 1 aliphatic carbocycles. The highest BCUT2D eigenvalue weighted by Crippen LogP contribution is 2.43. The van der Waals surface area contributed by atoms with E-state index in [2.05, 4.69) is 21.7 Å². The minimum Gasteiger partial charge on any atom is -0.496 e. The molecule has 0 spiro atoms. The molecule has 2 aromatic heterocycles. The van der Waals surface area contributed by atoms with Gasteiger partial charge in [-0.05, 0) is 49.4 Å². The molecule has 2 unspecified atom stereocenters. The van der Waals surface area contributed by atoms with Gasteiger partial charge < -0.3 is 10.1 Å². The second-order valence-electron chi connectivity index (χ2n) is 5.17. The van der Waals surface area contributed by atoms with Crippen LogP contribution in [0.1, 0.15) is 40.9 Å². The third-order valence-electron chi connectivity index (χ3n) is 4.11. The van der Waals surface area contributed by atoms with Crippen LogP contribution in [-0.2, 0) is 6.42 Å². The van der Waals surface area contributed by atoms with E-state index in [0.717, 1.165) is 12.2 Å². The predicted octanol–water partition coefficient (Wildman–Crippen LogP) is 3.53. The number of nitrogens with zero attached hydrogens (tertiary/aromatic N) is 1. The third-order valence-corrected chi connectivity index (χ3v) is 5.09. The van der Waals surface area contributed by atoms with Crippen molar-refractivity contribution in [1.82, 2.24) is 10.3 Å². The van der Waals surface area contributed by atoms with Crippen LogP contribution < -0.4 is 10.1 Å². The minimum atomic E-state index is 0.277. The van der Waals surface area contributed by atoms with Crippen LogP contribution >= 0.6 is 11.3 Å². The lowest BCUT2D eigenvalue weighted by molar-refractivity contribution is 0.381. The van der Waals surface area contributed by atoms with Gasteiger partial charge in [0.05, 0.1) is 18.0 Å². The van der Waals surface area contributed by atoms with Gasteiger partial charge in [-0.3, -0.25) is 4.98 Å². The molecule has 4 heteroatoms. The average molecular weight is 288 g/mol. The Kier molecular flexibility index (Phi) is 4.03. The smallest absolute Gasteiger partial charge is 0.134 e. The monoisotopic (exact) mass is 288 g/mol. The van der Waals surface area contributed by atoms with E-state index in [9.17, 15) is 0 Å². The Morgan fingerprint density at radius 2 is 2.35 bits per heavy atom. The summed E-state index contributed by atoms with van der Waals surface area (Å²) < 4.78 is 5.50. The number of likely N-dealkylation sites (N-methyl/N-ethyl adjacent to an activating group) is 1. The molecule has 20 heavy (non-hydrogen) atoms. The van der Waals surface area contributed by atoms with Gasteiger partial charge >= 0.3 is 0 Å². The van der Waals surface area contributed by atoms with Crippen LogP contribution in [0.4, 0.5) is 0 Å². The number of methoxy groups -OCH3 is 1. The number of aryl methyl sites for hydroxylation is 1. The van der Waals surface area contributed by atoms with Crippen LogP contribution in [-0.4, -0.2) is 19.1 Å². The molecular formula is C16H20N2OS. The normalized spacial score (nSPS) is 19.4. The molecule has 3 nitrogen and oxygen atoms in total. The molecule has 1 N–H and O–H groups in total. The Balaban J connectivity index is 1.99. The predicted molar refractivity (Wildman–Crippen MR) is 82.6 cm³/mol. The molecule has 2 atom stereocenters. The number of pyridine rings is 1. The maximum atomic E-state index is 5.50. The summed E-state index contributed by atoms with van der Waals surface area (Å²) in [6.07, 6.45) is 5.47. The maximum Gasteiger partial charge on any atom is 0.134 e. The highest BCUT2D eigenvalue weighted by Gasteiger charge is 2.31. The molecule has 106 valence electrons. The first kappa shape index (κ1) is 13.6. The number of ether oxygens (including phenoxy) is 1. The van der Waals surface area contributed by atoms with E-state index in [4.69, 9.17) is 4.74 Å². The van der Waals surface area contributed by atoms with Gasteiger partial charge in [0.15, 0.2) is 0 Å². The van der Waals surface area contributed by atoms with Crippen molar-refractivity contribution in [3.63, 3.8) is 0 Å². The Bertz CT molecular complexity index is 581. The van der Waals surface area contributed by atoms with E-state index in [1.807, 2.05) is 25.4 Å². The van der Waals surface area contributed by atoms with E-state index in [0.29, 0.717) is 5.92 Å². The van der Waals surface area contributed by atoms with Crippen LogP contribution in [0.25, 0.3) is 0 Å². The van der Waals surface area contributed by atoms with Crippen molar-refractivity contribution in [3.8, 4) is 5.75 Å². The van der Waals surface area contributed by atoms with Gasteiger partial charge in [0.2, 0.25) is 0 Å². The number of thiophene rings is 1. The number of hydrogen-bond acceptors (Lipinski definition) is 4. The van der Waals surface area contributed by atoms with Crippen molar-refractivity contribution in [2.24, 2.45) is 0 Å². The number of fused-ring (bicyclic) bond motifs is 1. The summed E-state index contributed by atoms with van der Waals surface area (Å²) in [5.41, 5.74) is 2.66. The number of aromatic nitrogens is 1. The number of nitrogens with one attached hydrogen (secondary N) is 1. The fourth-order valence-electron chi connectivity index (χ4n) is 3.19. The van der Waals surface area contributed by atoms with Gasteiger partial charge in [-0.25, -0.2) is 0 Å². The van der Waals surface area contributed by atoms with Crippen LogP contribution in [0, 0.1) is 0 Å². The topological polar surface area (TPSA) is 34.1 Å². The second kappa shape index (κ2) is 5.94. The highest BCUT2D eigenvalue weighted by molar-refractivity contribution is 7.10. The summed E-state index contributed by atoms with van der Waals surface area (Å²) in [5.74, 6) is 1.41. The van der Waals surface area contributed by atoms with Crippen LogP contribution in [0.15, 0.2) is 29.8 Å². The van der Waals surface area contributed by atoms with E-state index in [1.54, 1.807) is 18.4 Å². The Morgan fingerprint density at radius 1 is 1.45 bits per heavy atom. The van der Waals surface area contributed by atoms with Crippen molar-refractivity contribution >= 4 is 11.3 Å². The number of rotatable bonds is 4. The lowest BCUT2D eigenvalue weighted by Crippen LogP contribution is -2.27. The first-order valence-electron chi connectivity index (χ1n) is 7.07. The first-order valence-corrected chi connectivity index (χ1v) is 7.95. The molecule has 0 aliphatic heterocycles. The maximum absolute atomic E-state index is 5.50. The zero-order valence-corrected chi connectivity index (χ0v) is 12.7. The van der Waals surface area contributed by atoms with E-state index in [1.165, 1.54) is 29.0 Å². The van der Waals surface area contributed by atoms with Crippen LogP contribution in [0.5, 0.6) is 5.75 Å². The van der Waals surface area contributed by atoms with Gasteiger partial charge in [0.1, 0.15) is 5.75 Å². The Hall–Kier alpha value is -1.39. The van der Waals surface area contributed by atoms with E-state index in [-0.39, 0.29) is 6.04 Å². The SMILES string of the molecule is CNC(c1sccc1OC)C1CCCc2cccnc21. The van der Waals surface area contributed by atoms with E-state index < -0.39 is 0 Å². The van der Waals surface area contributed by atoms with Crippen LogP contribution in [0.3, 0.4) is 0 Å². The van der Waals surface area contributed by atoms with Gasteiger partial charge in [0, 0.05) is 17.8 Å². The fourth-order valence-corrected chi connectivity index (χ4v) is 4.22. The van der Waals surface area contributed by atoms with Gasteiger partial charge in [-0.1, -0.05) is 6.07 Å². The molecule has 0 radical (unpaired) electrons. The van der Waals surface area contributed by atoms with Crippen molar-refractivity contribution in [2.75, 3.05) is 14.2 Å². The molecule has 0 amide bonds. The molecule has 0 fully saturated rings. The lowest BCUT2D eigenvalue weighted by Gasteiger charge is -2.31. The zero-order chi connectivity index (χ0) is 13.9. The molecule has 0 aromatic carbocycles. The highest BCUT2D eigenvalue weighted by atomic mass is 32.1. The largest absolute Gasteiger partial charge is 0.496 e. The number of hydrogen-bond donors (Lipinski definition) is 1. The summed E-state index contributed by atoms with van der Waals surface area (Å²) in [6, 6.07) is 6.58. The van der Waals surface area contributed by atoms with Crippen molar-refractivity contribution in [3.05, 3.63) is 45.9 Å². The summed E-state index contributed by atoms with van der Waals surface area (Å²) >= 11 is 1.76. The molecule has 0 bridgehead atoms. The molecule has 0 saturated heterocycles. The van der Waals surface area contributed by atoms with Gasteiger partial charge in [0.25, 0.3) is 0 Å². The third kappa shape index (κ3) is 2.34. The zero-order valence-electron chi connectivity index (χ0n) is 11.9. The molecule has 1 aliphatic rings. The summed E-state index contributed by atoms with van der Waals surface area (Å²) in [7, 11) is 3.77. The molecule has 3 rings (SSSR count). The molecule has 2 aromatic rings. The minimum absolute atomic E-state index is 0.277. The van der Waals surface area contributed by atoms with Crippen molar-refractivity contribution in [2.45, 2.75) is 31.2 Å². The molecular weight excluding hydrogens is 268 g/mol. The van der Waals surface area contributed by atoms with Crippen LogP contribution in [0.2, 0.25) is 0 Å². The molecule has 0 saturated carbocycles. The fraction of sp³-hybridized carbons (Fsp3) is 0.438. The van der Waals surface area contributed by atoms with Crippen molar-refractivity contribution in [1.29, 1.82) is 0 Å². The van der Waals surface area contributed by atoms with Gasteiger partial charge in [-0.2, -0.15) is 0 Å². The average Bonchev–Trinajstić information content (AvgIpc) is 2.97. The standard InChI is InChI=1S/C16H20N2OS/c1-17-15(16-13(19-2)8-10-20-16)12-7-3-5-11-6-4-9-18-14(11)12/h4,6,8-10,12,15,17H,3,5,7H2,1-2H3. The summed E-state index contributed by atoms with van der Waals surface area (Å²) in [6.45, 7) is 0.